The van der Waals surface area contributed by atoms with Crippen molar-refractivity contribution < 1.29 is 22.7 Å². The fourth-order valence-electron chi connectivity index (χ4n) is 2.37. The van der Waals surface area contributed by atoms with Crippen molar-refractivity contribution >= 4 is 35.8 Å². The predicted molar refractivity (Wildman–Crippen MR) is 123 cm³/mol. The largest absolute Gasteiger partial charge is 0.468 e. The molecule has 31 heavy (non-hydrogen) atoms. The minimum atomic E-state index is -4.40. The third kappa shape index (κ3) is 9.40. The van der Waals surface area contributed by atoms with Crippen LogP contribution in [0.4, 0.5) is 13.2 Å². The number of aliphatic imine (C=N–C) groups is 1. The summed E-state index contributed by atoms with van der Waals surface area (Å²) >= 11 is 0. The first kappa shape index (κ1) is 26.5. The topological polar surface area (TPSA) is 78.9 Å². The molecule has 11 heteroatoms. The van der Waals surface area contributed by atoms with Crippen molar-refractivity contribution in [3.63, 3.8) is 0 Å². The Balaban J connectivity index is 0.00000480. The van der Waals surface area contributed by atoms with Gasteiger partial charge in [0.1, 0.15) is 0 Å². The van der Waals surface area contributed by atoms with E-state index in [1.807, 2.05) is 12.1 Å². The van der Waals surface area contributed by atoms with Crippen LogP contribution in [-0.4, -0.2) is 55.7 Å². The summed E-state index contributed by atoms with van der Waals surface area (Å²) in [4.78, 5) is 21.4. The maximum atomic E-state index is 12.2. The first-order chi connectivity index (χ1) is 14.2. The number of hydrogen-bond donors (Lipinski definition) is 2. The molecule has 7 nitrogen and oxygen atoms in total. The van der Waals surface area contributed by atoms with Gasteiger partial charge in [0.05, 0.1) is 0 Å². The number of aromatic nitrogens is 1. The Labute approximate surface area is 196 Å². The molecule has 0 aliphatic rings. The quantitative estimate of drug-likeness (QED) is 0.314. The highest BCUT2D eigenvalue weighted by Crippen LogP contribution is 2.17. The molecule has 2 N–H and O–H groups in total. The highest BCUT2D eigenvalue weighted by Gasteiger charge is 2.28. The Morgan fingerprint density at radius 2 is 1.65 bits per heavy atom. The van der Waals surface area contributed by atoms with E-state index in [2.05, 4.69) is 25.3 Å². The van der Waals surface area contributed by atoms with Crippen LogP contribution in [0.5, 0.6) is 5.88 Å². The number of amides is 1. The van der Waals surface area contributed by atoms with E-state index in [-0.39, 0.29) is 35.8 Å². The van der Waals surface area contributed by atoms with Crippen LogP contribution in [0.25, 0.3) is 0 Å². The number of carbonyl (C=O) groups excluding carboxylic acids is 1. The van der Waals surface area contributed by atoms with E-state index in [4.69, 9.17) is 0 Å². The minimum absolute atomic E-state index is 0. The summed E-state index contributed by atoms with van der Waals surface area (Å²) in [6, 6.07) is 10.3. The SMILES string of the molecule is CN=C(NCc1ccc(C(=O)N(C)C)cc1)NCc1ccc(OCC(F)(F)F)nc1.I. The normalized spacial score (nSPS) is 11.4. The van der Waals surface area contributed by atoms with Crippen molar-refractivity contribution in [3.8, 4) is 5.88 Å². The molecule has 1 amide bonds. The fraction of sp³-hybridized carbons (Fsp3) is 0.350. The van der Waals surface area contributed by atoms with Crippen LogP contribution in [-0.2, 0) is 13.1 Å². The number of alkyl halides is 3. The van der Waals surface area contributed by atoms with Gasteiger partial charge in [-0.25, -0.2) is 4.98 Å². The third-order valence-corrected chi connectivity index (χ3v) is 3.93. The van der Waals surface area contributed by atoms with E-state index in [9.17, 15) is 18.0 Å². The molecular weight excluding hydrogens is 526 g/mol. The Hall–Kier alpha value is -2.57. The molecule has 0 fully saturated rings. The summed E-state index contributed by atoms with van der Waals surface area (Å²) in [5.74, 6) is 0.394. The van der Waals surface area contributed by atoms with Crippen LogP contribution in [0, 0.1) is 0 Å². The lowest BCUT2D eigenvalue weighted by Crippen LogP contribution is -2.36. The van der Waals surface area contributed by atoms with Crippen LogP contribution in [0.15, 0.2) is 47.6 Å². The van der Waals surface area contributed by atoms with Gasteiger partial charge in [0.2, 0.25) is 5.88 Å². The van der Waals surface area contributed by atoms with E-state index in [0.29, 0.717) is 24.6 Å². The summed E-state index contributed by atoms with van der Waals surface area (Å²) in [6.45, 7) is -0.500. The standard InChI is InChI=1S/C20H24F3N5O2.HI/c1-24-19(26-10-14-4-7-16(8-5-14)18(29)28(2)3)27-12-15-6-9-17(25-11-15)30-13-20(21,22)23;/h4-9,11H,10,12-13H2,1-3H3,(H2,24,26,27);1H. The van der Waals surface area contributed by atoms with Gasteiger partial charge in [-0.05, 0) is 23.3 Å². The molecule has 0 saturated carbocycles. The van der Waals surface area contributed by atoms with E-state index in [1.165, 1.54) is 17.2 Å². The summed E-state index contributed by atoms with van der Waals surface area (Å²) in [6.07, 6.45) is -2.96. The number of nitrogens with zero attached hydrogens (tertiary/aromatic N) is 3. The lowest BCUT2D eigenvalue weighted by atomic mass is 10.1. The monoisotopic (exact) mass is 551 g/mol. The number of rotatable bonds is 7. The molecule has 0 spiro atoms. The minimum Gasteiger partial charge on any atom is -0.468 e. The number of ether oxygens (including phenoxy) is 1. The molecule has 170 valence electrons. The average Bonchev–Trinajstić information content (AvgIpc) is 2.72. The van der Waals surface area contributed by atoms with Gasteiger partial charge in [-0.3, -0.25) is 9.79 Å². The van der Waals surface area contributed by atoms with E-state index < -0.39 is 12.8 Å². The molecule has 1 heterocycles. The lowest BCUT2D eigenvalue weighted by Gasteiger charge is -2.13. The Bertz CT molecular complexity index is 857. The van der Waals surface area contributed by atoms with Gasteiger partial charge in [-0.1, -0.05) is 18.2 Å². The van der Waals surface area contributed by atoms with E-state index in [0.717, 1.165) is 11.1 Å². The Morgan fingerprint density at radius 3 is 2.13 bits per heavy atom. The number of guanidine groups is 1. The van der Waals surface area contributed by atoms with Gasteiger partial charge >= 0.3 is 6.18 Å². The summed E-state index contributed by atoms with van der Waals surface area (Å²) in [5.41, 5.74) is 2.34. The molecule has 0 saturated heterocycles. The lowest BCUT2D eigenvalue weighted by molar-refractivity contribution is -0.154. The van der Waals surface area contributed by atoms with Gasteiger partial charge in [0, 0.05) is 52.1 Å². The molecular formula is C20H25F3IN5O2. The summed E-state index contributed by atoms with van der Waals surface area (Å²) in [7, 11) is 5.03. The second kappa shape index (κ2) is 12.3. The van der Waals surface area contributed by atoms with Crippen LogP contribution >= 0.6 is 24.0 Å². The molecule has 2 rings (SSSR count). The first-order valence-corrected chi connectivity index (χ1v) is 9.07. The van der Waals surface area contributed by atoms with Crippen molar-refractivity contribution in [2.45, 2.75) is 19.3 Å². The molecule has 0 bridgehead atoms. The number of benzene rings is 1. The van der Waals surface area contributed by atoms with Gasteiger partial charge in [0.25, 0.3) is 5.91 Å². The number of pyridine rings is 1. The molecule has 0 aliphatic heterocycles. The Kier molecular flexibility index (Phi) is 10.5. The average molecular weight is 551 g/mol. The molecule has 1 aromatic carbocycles. The second-order valence-electron chi connectivity index (χ2n) is 6.58. The van der Waals surface area contributed by atoms with Crippen molar-refractivity contribution in [1.82, 2.24) is 20.5 Å². The highest BCUT2D eigenvalue weighted by atomic mass is 127. The fourth-order valence-corrected chi connectivity index (χ4v) is 2.37. The van der Waals surface area contributed by atoms with Crippen LogP contribution in [0.2, 0.25) is 0 Å². The Morgan fingerprint density at radius 1 is 1.06 bits per heavy atom. The maximum Gasteiger partial charge on any atom is 0.422 e. The van der Waals surface area contributed by atoms with Crippen molar-refractivity contribution in [2.24, 2.45) is 4.99 Å². The smallest absolute Gasteiger partial charge is 0.422 e. The van der Waals surface area contributed by atoms with Crippen molar-refractivity contribution in [3.05, 3.63) is 59.3 Å². The van der Waals surface area contributed by atoms with Crippen LogP contribution in [0.3, 0.4) is 0 Å². The molecule has 2 aromatic rings. The van der Waals surface area contributed by atoms with Crippen molar-refractivity contribution in [1.29, 1.82) is 0 Å². The van der Waals surface area contributed by atoms with E-state index in [1.54, 1.807) is 39.3 Å². The summed E-state index contributed by atoms with van der Waals surface area (Å²) < 4.78 is 41.0. The molecule has 0 aliphatic carbocycles. The number of hydrogen-bond acceptors (Lipinski definition) is 4. The molecule has 0 atom stereocenters. The van der Waals surface area contributed by atoms with E-state index >= 15 is 0 Å². The zero-order chi connectivity index (χ0) is 22.1. The number of halogens is 4. The van der Waals surface area contributed by atoms with Crippen molar-refractivity contribution in [2.75, 3.05) is 27.7 Å². The number of nitrogens with one attached hydrogen (secondary N) is 2. The maximum absolute atomic E-state index is 12.2. The number of carbonyl (C=O) groups is 1. The zero-order valence-corrected chi connectivity index (χ0v) is 19.7. The van der Waals surface area contributed by atoms with Crippen LogP contribution < -0.4 is 15.4 Å². The predicted octanol–water partition coefficient (Wildman–Crippen LogP) is 3.21. The molecule has 0 radical (unpaired) electrons. The second-order valence-corrected chi connectivity index (χ2v) is 6.58. The van der Waals surface area contributed by atoms with Crippen LogP contribution in [0.1, 0.15) is 21.5 Å². The molecule has 0 unspecified atom stereocenters. The highest BCUT2D eigenvalue weighted by molar-refractivity contribution is 14.0. The van der Waals surface area contributed by atoms with Gasteiger partial charge < -0.3 is 20.3 Å². The molecule has 1 aromatic heterocycles. The summed E-state index contributed by atoms with van der Waals surface area (Å²) in [5, 5.41) is 6.24. The van der Waals surface area contributed by atoms with Gasteiger partial charge in [-0.2, -0.15) is 13.2 Å². The zero-order valence-electron chi connectivity index (χ0n) is 17.4. The first-order valence-electron chi connectivity index (χ1n) is 9.07. The van der Waals surface area contributed by atoms with Gasteiger partial charge in [-0.15, -0.1) is 24.0 Å². The third-order valence-electron chi connectivity index (χ3n) is 3.93. The van der Waals surface area contributed by atoms with Gasteiger partial charge in [0.15, 0.2) is 12.6 Å².